The third-order valence-corrected chi connectivity index (χ3v) is 3.99. The van der Waals surface area contributed by atoms with Crippen molar-refractivity contribution >= 4 is 57.1 Å². The quantitative estimate of drug-likeness (QED) is 0.311. The Labute approximate surface area is 148 Å². The molecule has 0 aromatic rings. The van der Waals surface area contributed by atoms with E-state index in [1.165, 1.54) is 0 Å². The van der Waals surface area contributed by atoms with Gasteiger partial charge in [0.1, 0.15) is 12.2 Å². The van der Waals surface area contributed by atoms with E-state index in [9.17, 15) is 9.59 Å². The molecule has 0 aromatic heterocycles. The SMILES string of the molecule is CC(I)CC(=O)OC1CCC(OC(=O)CC(C)I)CC1. The van der Waals surface area contributed by atoms with Crippen molar-refractivity contribution in [2.24, 2.45) is 0 Å². The molecule has 0 saturated heterocycles. The Morgan fingerprint density at radius 1 is 0.900 bits per heavy atom. The summed E-state index contributed by atoms with van der Waals surface area (Å²) in [6.45, 7) is 3.98. The van der Waals surface area contributed by atoms with Gasteiger partial charge < -0.3 is 9.47 Å². The molecule has 1 aliphatic carbocycles. The second kappa shape index (κ2) is 9.42. The topological polar surface area (TPSA) is 52.6 Å². The van der Waals surface area contributed by atoms with Gasteiger partial charge in [-0.25, -0.2) is 0 Å². The lowest BCUT2D eigenvalue weighted by Gasteiger charge is -2.28. The van der Waals surface area contributed by atoms with Crippen LogP contribution < -0.4 is 0 Å². The van der Waals surface area contributed by atoms with Gasteiger partial charge in [0.2, 0.25) is 0 Å². The summed E-state index contributed by atoms with van der Waals surface area (Å²) in [5.41, 5.74) is 0. The Bertz CT molecular complexity index is 291. The van der Waals surface area contributed by atoms with Gasteiger partial charge in [-0.05, 0) is 25.7 Å². The maximum Gasteiger partial charge on any atom is 0.307 e. The molecule has 0 bridgehead atoms. The Balaban J connectivity index is 2.23. The number of alkyl halides is 2. The third kappa shape index (κ3) is 7.99. The van der Waals surface area contributed by atoms with E-state index in [0.717, 1.165) is 25.7 Å². The number of hydrogen-bond acceptors (Lipinski definition) is 4. The van der Waals surface area contributed by atoms with Gasteiger partial charge in [-0.2, -0.15) is 0 Å². The molecule has 1 aliphatic rings. The Morgan fingerprint density at radius 3 is 1.45 bits per heavy atom. The van der Waals surface area contributed by atoms with Crippen LogP contribution in [0, 0.1) is 0 Å². The molecule has 4 nitrogen and oxygen atoms in total. The molecular weight excluding hydrogens is 486 g/mol. The van der Waals surface area contributed by atoms with Crippen molar-refractivity contribution in [2.45, 2.75) is 72.4 Å². The molecule has 20 heavy (non-hydrogen) atoms. The number of halogens is 2. The van der Waals surface area contributed by atoms with Crippen LogP contribution >= 0.6 is 45.2 Å². The molecular formula is C14H22I2O4. The van der Waals surface area contributed by atoms with Crippen LogP contribution in [-0.2, 0) is 19.1 Å². The van der Waals surface area contributed by atoms with Crippen LogP contribution in [0.25, 0.3) is 0 Å². The molecule has 2 atom stereocenters. The van der Waals surface area contributed by atoms with E-state index in [-0.39, 0.29) is 24.1 Å². The average molecular weight is 508 g/mol. The minimum atomic E-state index is -0.119. The molecule has 0 amide bonds. The van der Waals surface area contributed by atoms with Gasteiger partial charge in [-0.3, -0.25) is 9.59 Å². The minimum Gasteiger partial charge on any atom is -0.462 e. The summed E-state index contributed by atoms with van der Waals surface area (Å²) in [7, 11) is 0. The molecule has 0 spiro atoms. The van der Waals surface area contributed by atoms with Crippen LogP contribution in [0.4, 0.5) is 0 Å². The van der Waals surface area contributed by atoms with Crippen molar-refractivity contribution in [3.8, 4) is 0 Å². The summed E-state index contributed by atoms with van der Waals surface area (Å²) >= 11 is 4.44. The van der Waals surface area contributed by atoms with Crippen molar-refractivity contribution in [3.05, 3.63) is 0 Å². The smallest absolute Gasteiger partial charge is 0.307 e. The zero-order valence-electron chi connectivity index (χ0n) is 11.9. The van der Waals surface area contributed by atoms with Crippen LogP contribution in [0.3, 0.4) is 0 Å². The van der Waals surface area contributed by atoms with Crippen LogP contribution in [-0.4, -0.2) is 32.0 Å². The summed E-state index contributed by atoms with van der Waals surface area (Å²) in [4.78, 5) is 23.2. The van der Waals surface area contributed by atoms with E-state index in [4.69, 9.17) is 9.47 Å². The third-order valence-electron chi connectivity index (χ3n) is 3.11. The molecule has 116 valence electrons. The van der Waals surface area contributed by atoms with Crippen molar-refractivity contribution in [1.29, 1.82) is 0 Å². The van der Waals surface area contributed by atoms with Gasteiger partial charge in [0.25, 0.3) is 0 Å². The van der Waals surface area contributed by atoms with Crippen LogP contribution in [0.15, 0.2) is 0 Å². The normalized spacial score (nSPS) is 25.6. The number of carbonyl (C=O) groups is 2. The monoisotopic (exact) mass is 508 g/mol. The zero-order chi connectivity index (χ0) is 15.1. The van der Waals surface area contributed by atoms with Gasteiger partial charge in [-0.15, -0.1) is 0 Å². The summed E-state index contributed by atoms with van der Waals surface area (Å²) in [6.07, 6.45) is 4.08. The summed E-state index contributed by atoms with van der Waals surface area (Å²) < 4.78 is 11.5. The zero-order valence-corrected chi connectivity index (χ0v) is 16.3. The van der Waals surface area contributed by atoms with Gasteiger partial charge in [0.15, 0.2) is 0 Å². The van der Waals surface area contributed by atoms with E-state index < -0.39 is 0 Å². The highest BCUT2D eigenvalue weighted by Crippen LogP contribution is 2.25. The molecule has 1 fully saturated rings. The number of esters is 2. The number of rotatable bonds is 6. The van der Waals surface area contributed by atoms with E-state index >= 15 is 0 Å². The standard InChI is InChI=1S/C14H22I2O4/c1-9(15)7-13(17)19-11-3-5-12(6-4-11)20-14(18)8-10(2)16/h9-12H,3-8H2,1-2H3. The second-order valence-corrected chi connectivity index (χ2v) is 9.60. The second-order valence-electron chi connectivity index (χ2n) is 5.35. The lowest BCUT2D eigenvalue weighted by atomic mass is 9.95. The summed E-state index contributed by atoms with van der Waals surface area (Å²) in [5.74, 6) is -0.239. The van der Waals surface area contributed by atoms with Crippen molar-refractivity contribution in [1.82, 2.24) is 0 Å². The Hall–Kier alpha value is 0.400. The van der Waals surface area contributed by atoms with E-state index in [2.05, 4.69) is 45.2 Å². The van der Waals surface area contributed by atoms with Crippen molar-refractivity contribution in [3.63, 3.8) is 0 Å². The molecule has 2 unspecified atom stereocenters. The molecule has 6 heteroatoms. The summed E-state index contributed by atoms with van der Waals surface area (Å²) in [5, 5.41) is 0. The fraction of sp³-hybridized carbons (Fsp3) is 0.857. The highest BCUT2D eigenvalue weighted by molar-refractivity contribution is 14.1. The number of ether oxygens (including phenoxy) is 2. The molecule has 0 aromatic carbocycles. The molecule has 0 N–H and O–H groups in total. The van der Waals surface area contributed by atoms with Crippen LogP contribution in [0.1, 0.15) is 52.4 Å². The maximum absolute atomic E-state index is 11.6. The first-order valence-electron chi connectivity index (χ1n) is 7.04. The van der Waals surface area contributed by atoms with Gasteiger partial charge in [-0.1, -0.05) is 59.0 Å². The lowest BCUT2D eigenvalue weighted by Crippen LogP contribution is -2.30. The molecule has 0 radical (unpaired) electrons. The molecule has 0 aliphatic heterocycles. The molecule has 0 heterocycles. The molecule has 1 saturated carbocycles. The van der Waals surface area contributed by atoms with E-state index in [1.54, 1.807) is 0 Å². The predicted molar refractivity (Wildman–Crippen MR) is 94.4 cm³/mol. The van der Waals surface area contributed by atoms with Gasteiger partial charge in [0.05, 0.1) is 12.8 Å². The highest BCUT2D eigenvalue weighted by Gasteiger charge is 2.26. The average Bonchev–Trinajstić information content (AvgIpc) is 2.29. The van der Waals surface area contributed by atoms with Gasteiger partial charge >= 0.3 is 11.9 Å². The lowest BCUT2D eigenvalue weighted by molar-refractivity contribution is -0.158. The highest BCUT2D eigenvalue weighted by atomic mass is 127. The summed E-state index contributed by atoms with van der Waals surface area (Å²) in [6, 6.07) is 0. The number of hydrogen-bond donors (Lipinski definition) is 0. The van der Waals surface area contributed by atoms with E-state index in [0.29, 0.717) is 20.7 Å². The van der Waals surface area contributed by atoms with Gasteiger partial charge in [0, 0.05) is 7.85 Å². The largest absolute Gasteiger partial charge is 0.462 e. The first kappa shape index (κ1) is 18.4. The fourth-order valence-corrected chi connectivity index (χ4v) is 2.91. The van der Waals surface area contributed by atoms with Crippen LogP contribution in [0.5, 0.6) is 0 Å². The Kier molecular flexibility index (Phi) is 8.69. The Morgan fingerprint density at radius 2 is 1.20 bits per heavy atom. The van der Waals surface area contributed by atoms with Crippen LogP contribution in [0.2, 0.25) is 0 Å². The first-order valence-corrected chi connectivity index (χ1v) is 9.53. The van der Waals surface area contributed by atoms with E-state index in [1.807, 2.05) is 13.8 Å². The van der Waals surface area contributed by atoms with Crippen molar-refractivity contribution in [2.75, 3.05) is 0 Å². The maximum atomic E-state index is 11.6. The first-order chi connectivity index (χ1) is 9.36. The predicted octanol–water partition coefficient (Wildman–Crippen LogP) is 3.81. The minimum absolute atomic E-state index is 0.00361. The fourth-order valence-electron chi connectivity index (χ4n) is 2.20. The van der Waals surface area contributed by atoms with Crippen molar-refractivity contribution < 1.29 is 19.1 Å². The molecule has 1 rings (SSSR count). The number of carbonyl (C=O) groups excluding carboxylic acids is 2.